The van der Waals surface area contributed by atoms with Crippen LogP contribution in [-0.4, -0.2) is 22.8 Å². The van der Waals surface area contributed by atoms with E-state index in [1.807, 2.05) is 29.8 Å². The third-order valence-corrected chi connectivity index (χ3v) is 3.82. The summed E-state index contributed by atoms with van der Waals surface area (Å²) in [4.78, 5) is 4.38. The third-order valence-electron chi connectivity index (χ3n) is 2.89. The first-order chi connectivity index (χ1) is 8.75. The van der Waals surface area contributed by atoms with E-state index in [-0.39, 0.29) is 0 Å². The lowest BCUT2D eigenvalue weighted by Crippen LogP contribution is -1.97. The van der Waals surface area contributed by atoms with Gasteiger partial charge in [0.25, 0.3) is 0 Å². The van der Waals surface area contributed by atoms with Crippen molar-refractivity contribution in [2.45, 2.75) is 6.42 Å². The predicted octanol–water partition coefficient (Wildman–Crippen LogP) is 3.01. The summed E-state index contributed by atoms with van der Waals surface area (Å²) in [6.07, 6.45) is 2.69. The highest BCUT2D eigenvalue weighted by Gasteiger charge is 2.14. The van der Waals surface area contributed by atoms with Crippen LogP contribution in [0, 0.1) is 0 Å². The van der Waals surface area contributed by atoms with Crippen LogP contribution in [0.1, 0.15) is 6.42 Å². The lowest BCUT2D eigenvalue weighted by Gasteiger charge is -2.08. The van der Waals surface area contributed by atoms with Crippen molar-refractivity contribution in [3.05, 3.63) is 29.1 Å². The normalized spacial score (nSPS) is 14.3. The van der Waals surface area contributed by atoms with Gasteiger partial charge in [-0.15, -0.1) is 0 Å². The van der Waals surface area contributed by atoms with Crippen LogP contribution in [0.2, 0.25) is 0 Å². The van der Waals surface area contributed by atoms with Crippen molar-refractivity contribution < 1.29 is 9.47 Å². The molecular formula is C13H13BrN2O2. The van der Waals surface area contributed by atoms with Gasteiger partial charge in [-0.25, -0.2) is 4.98 Å². The Morgan fingerprint density at radius 2 is 2.00 bits per heavy atom. The van der Waals surface area contributed by atoms with Crippen LogP contribution in [-0.2, 0) is 7.05 Å². The summed E-state index contributed by atoms with van der Waals surface area (Å²) in [6, 6.07) is 5.92. The minimum atomic E-state index is 0.694. The molecule has 0 N–H and O–H groups in total. The average molecular weight is 309 g/mol. The number of benzene rings is 1. The molecule has 94 valence electrons. The number of ether oxygens (including phenoxy) is 2. The molecule has 0 spiro atoms. The number of hydrogen-bond acceptors (Lipinski definition) is 3. The van der Waals surface area contributed by atoms with E-state index in [1.165, 1.54) is 0 Å². The van der Waals surface area contributed by atoms with Crippen molar-refractivity contribution >= 4 is 15.9 Å². The summed E-state index contributed by atoms with van der Waals surface area (Å²) in [7, 11) is 1.95. The van der Waals surface area contributed by atoms with Crippen molar-refractivity contribution in [2.24, 2.45) is 7.05 Å². The molecule has 18 heavy (non-hydrogen) atoms. The van der Waals surface area contributed by atoms with Crippen LogP contribution < -0.4 is 9.47 Å². The van der Waals surface area contributed by atoms with E-state index in [2.05, 4.69) is 20.9 Å². The molecule has 4 nitrogen and oxygen atoms in total. The van der Waals surface area contributed by atoms with E-state index in [0.29, 0.717) is 13.2 Å². The SMILES string of the molecule is Cn1cnc(-c2ccc3c(c2)OCCCO3)c1Br. The Bertz CT molecular complexity index is 580. The zero-order valence-corrected chi connectivity index (χ0v) is 11.6. The summed E-state index contributed by atoms with van der Waals surface area (Å²) in [6.45, 7) is 1.40. The fraction of sp³-hybridized carbons (Fsp3) is 0.308. The predicted molar refractivity (Wildman–Crippen MR) is 72.0 cm³/mol. The zero-order chi connectivity index (χ0) is 12.5. The smallest absolute Gasteiger partial charge is 0.161 e. The molecule has 3 rings (SSSR count). The largest absolute Gasteiger partial charge is 0.490 e. The van der Waals surface area contributed by atoms with Gasteiger partial charge in [-0.2, -0.15) is 0 Å². The second kappa shape index (κ2) is 4.65. The van der Waals surface area contributed by atoms with E-state index in [9.17, 15) is 0 Å². The maximum atomic E-state index is 5.68. The molecule has 1 aromatic carbocycles. The van der Waals surface area contributed by atoms with E-state index >= 15 is 0 Å². The van der Waals surface area contributed by atoms with Crippen LogP contribution in [0.15, 0.2) is 29.1 Å². The summed E-state index contributed by atoms with van der Waals surface area (Å²) in [5.41, 5.74) is 1.93. The van der Waals surface area contributed by atoms with Crippen LogP contribution in [0.4, 0.5) is 0 Å². The summed E-state index contributed by atoms with van der Waals surface area (Å²) < 4.78 is 14.2. The molecule has 0 amide bonds. The van der Waals surface area contributed by atoms with E-state index in [1.54, 1.807) is 6.33 Å². The number of rotatable bonds is 1. The highest BCUT2D eigenvalue weighted by molar-refractivity contribution is 9.10. The van der Waals surface area contributed by atoms with Gasteiger partial charge in [-0.3, -0.25) is 0 Å². The molecule has 0 unspecified atom stereocenters. The molecule has 2 aromatic rings. The van der Waals surface area contributed by atoms with Gasteiger partial charge in [0, 0.05) is 19.0 Å². The molecule has 0 aliphatic carbocycles. The maximum absolute atomic E-state index is 5.68. The first kappa shape index (κ1) is 11.6. The molecule has 0 saturated heterocycles. The molecule has 0 radical (unpaired) electrons. The van der Waals surface area contributed by atoms with Gasteiger partial charge in [0.05, 0.1) is 19.5 Å². The lowest BCUT2D eigenvalue weighted by molar-refractivity contribution is 0.297. The lowest BCUT2D eigenvalue weighted by atomic mass is 10.1. The fourth-order valence-corrected chi connectivity index (χ4v) is 2.34. The van der Waals surface area contributed by atoms with E-state index < -0.39 is 0 Å². The maximum Gasteiger partial charge on any atom is 0.161 e. The van der Waals surface area contributed by atoms with Crippen LogP contribution in [0.5, 0.6) is 11.5 Å². The Kier molecular flexibility index (Phi) is 2.99. The first-order valence-corrected chi connectivity index (χ1v) is 6.62. The zero-order valence-electron chi connectivity index (χ0n) is 10.0. The number of halogens is 1. The first-order valence-electron chi connectivity index (χ1n) is 5.82. The average Bonchev–Trinajstić information content (AvgIpc) is 2.61. The summed E-state index contributed by atoms with van der Waals surface area (Å²) in [5.74, 6) is 1.60. The summed E-state index contributed by atoms with van der Waals surface area (Å²) >= 11 is 3.53. The van der Waals surface area contributed by atoms with Crippen LogP contribution in [0.3, 0.4) is 0 Å². The Morgan fingerprint density at radius 1 is 1.22 bits per heavy atom. The summed E-state index contributed by atoms with van der Waals surface area (Å²) in [5, 5.41) is 0. The van der Waals surface area contributed by atoms with Crippen LogP contribution >= 0.6 is 15.9 Å². The molecule has 0 atom stereocenters. The molecule has 0 bridgehead atoms. The van der Waals surface area contributed by atoms with Crippen LogP contribution in [0.25, 0.3) is 11.3 Å². The topological polar surface area (TPSA) is 36.3 Å². The molecule has 2 heterocycles. The van der Waals surface area contributed by atoms with Crippen molar-refractivity contribution in [3.8, 4) is 22.8 Å². The van der Waals surface area contributed by atoms with E-state index in [4.69, 9.17) is 9.47 Å². The van der Waals surface area contributed by atoms with Crippen molar-refractivity contribution in [1.29, 1.82) is 0 Å². The fourth-order valence-electron chi connectivity index (χ4n) is 1.92. The van der Waals surface area contributed by atoms with Gasteiger partial charge in [0.15, 0.2) is 11.5 Å². The number of aryl methyl sites for hydroxylation is 1. The highest BCUT2D eigenvalue weighted by Crippen LogP contribution is 2.35. The van der Waals surface area contributed by atoms with Gasteiger partial charge < -0.3 is 14.0 Å². The Hall–Kier alpha value is -1.49. The van der Waals surface area contributed by atoms with Gasteiger partial charge >= 0.3 is 0 Å². The molecule has 0 fully saturated rings. The molecule has 1 aliphatic rings. The van der Waals surface area contributed by atoms with Gasteiger partial charge in [-0.05, 0) is 34.1 Å². The van der Waals surface area contributed by atoms with Gasteiger partial charge in [0.2, 0.25) is 0 Å². The highest BCUT2D eigenvalue weighted by atomic mass is 79.9. The number of aromatic nitrogens is 2. The Morgan fingerprint density at radius 3 is 2.72 bits per heavy atom. The Labute approximate surface area is 114 Å². The molecule has 0 saturated carbocycles. The number of imidazole rings is 1. The molecule has 1 aliphatic heterocycles. The monoisotopic (exact) mass is 308 g/mol. The van der Waals surface area contributed by atoms with Gasteiger partial charge in [0.1, 0.15) is 10.3 Å². The number of fused-ring (bicyclic) bond motifs is 1. The molecular weight excluding hydrogens is 296 g/mol. The van der Waals surface area contributed by atoms with Crippen molar-refractivity contribution in [2.75, 3.05) is 13.2 Å². The minimum Gasteiger partial charge on any atom is -0.490 e. The number of hydrogen-bond donors (Lipinski definition) is 0. The second-order valence-corrected chi connectivity index (χ2v) is 4.96. The van der Waals surface area contributed by atoms with Gasteiger partial charge in [-0.1, -0.05) is 0 Å². The van der Waals surface area contributed by atoms with Crippen molar-refractivity contribution in [1.82, 2.24) is 9.55 Å². The standard InChI is InChI=1S/C13H13BrN2O2/c1-16-8-15-12(13(16)14)9-3-4-10-11(7-9)18-6-2-5-17-10/h3-4,7-8H,2,5-6H2,1H3. The number of nitrogens with zero attached hydrogens (tertiary/aromatic N) is 2. The quantitative estimate of drug-likeness (QED) is 0.812. The second-order valence-electron chi connectivity index (χ2n) is 4.21. The minimum absolute atomic E-state index is 0.694. The third kappa shape index (κ3) is 1.99. The Balaban J connectivity index is 2.04. The molecule has 5 heteroatoms. The van der Waals surface area contributed by atoms with E-state index in [0.717, 1.165) is 33.8 Å². The van der Waals surface area contributed by atoms with Crippen molar-refractivity contribution in [3.63, 3.8) is 0 Å². The molecule has 1 aromatic heterocycles.